The van der Waals surface area contributed by atoms with Crippen molar-refractivity contribution in [2.75, 3.05) is 37.6 Å². The van der Waals surface area contributed by atoms with Gasteiger partial charge in [0.1, 0.15) is 17.7 Å². The van der Waals surface area contributed by atoms with Crippen LogP contribution in [0, 0.1) is 0 Å². The Morgan fingerprint density at radius 2 is 1.86 bits per heavy atom. The monoisotopic (exact) mass is 392 g/mol. The summed E-state index contributed by atoms with van der Waals surface area (Å²) in [7, 11) is 0. The highest BCUT2D eigenvalue weighted by atomic mass is 35.5. The highest BCUT2D eigenvalue weighted by Gasteiger charge is 2.20. The highest BCUT2D eigenvalue weighted by molar-refractivity contribution is 6.33. The van der Waals surface area contributed by atoms with Crippen molar-refractivity contribution in [1.82, 2.24) is 24.8 Å². The molecule has 0 spiro atoms. The van der Waals surface area contributed by atoms with E-state index in [1.54, 1.807) is 0 Å². The molecule has 0 atom stereocenters. The van der Waals surface area contributed by atoms with Crippen molar-refractivity contribution < 1.29 is 0 Å². The number of aromatic nitrogens is 4. The van der Waals surface area contributed by atoms with Gasteiger partial charge < -0.3 is 9.88 Å². The fraction of sp³-hybridized carbons (Fsp3) is 0.286. The Morgan fingerprint density at radius 1 is 1.00 bits per heavy atom. The maximum atomic E-state index is 6.13. The van der Waals surface area contributed by atoms with Crippen LogP contribution < -0.4 is 4.90 Å². The molecule has 1 fully saturated rings. The van der Waals surface area contributed by atoms with Crippen LogP contribution in [0.15, 0.2) is 49.1 Å². The van der Waals surface area contributed by atoms with Gasteiger partial charge in [-0.25, -0.2) is 15.0 Å². The van der Waals surface area contributed by atoms with Gasteiger partial charge in [-0.1, -0.05) is 35.9 Å². The predicted octanol–water partition coefficient (Wildman–Crippen LogP) is 3.52. The number of aromatic amines is 1. The summed E-state index contributed by atoms with van der Waals surface area (Å²) in [5.41, 5.74) is 2.95. The topological polar surface area (TPSA) is 60.9 Å². The van der Waals surface area contributed by atoms with E-state index >= 15 is 0 Å². The Bertz CT molecular complexity index is 1110. The van der Waals surface area contributed by atoms with E-state index in [0.29, 0.717) is 5.15 Å². The smallest absolute Gasteiger partial charge is 0.156 e. The minimum atomic E-state index is 0.479. The minimum Gasteiger partial charge on any atom is -0.357 e. The molecule has 0 saturated carbocycles. The van der Waals surface area contributed by atoms with Gasteiger partial charge >= 0.3 is 0 Å². The van der Waals surface area contributed by atoms with Crippen molar-refractivity contribution in [3.63, 3.8) is 0 Å². The van der Waals surface area contributed by atoms with E-state index in [2.05, 4.69) is 60.1 Å². The van der Waals surface area contributed by atoms with E-state index in [1.807, 2.05) is 12.4 Å². The maximum absolute atomic E-state index is 6.13. The molecule has 1 aromatic carbocycles. The molecule has 0 unspecified atom stereocenters. The summed E-state index contributed by atoms with van der Waals surface area (Å²) in [6.45, 7) is 5.04. The third kappa shape index (κ3) is 3.19. The lowest BCUT2D eigenvalue weighted by Crippen LogP contribution is -2.47. The Hall–Kier alpha value is -2.70. The Labute approximate surface area is 168 Å². The van der Waals surface area contributed by atoms with Gasteiger partial charge in [0.25, 0.3) is 0 Å². The van der Waals surface area contributed by atoms with E-state index in [4.69, 9.17) is 11.6 Å². The van der Waals surface area contributed by atoms with Crippen molar-refractivity contribution in [1.29, 1.82) is 0 Å². The van der Waals surface area contributed by atoms with Gasteiger partial charge in [0, 0.05) is 50.5 Å². The number of anilines is 1. The van der Waals surface area contributed by atoms with Crippen LogP contribution in [-0.2, 0) is 6.42 Å². The zero-order valence-corrected chi connectivity index (χ0v) is 16.2. The van der Waals surface area contributed by atoms with Crippen LogP contribution in [0.1, 0.15) is 5.56 Å². The summed E-state index contributed by atoms with van der Waals surface area (Å²) in [4.78, 5) is 21.2. The van der Waals surface area contributed by atoms with Gasteiger partial charge in [0.15, 0.2) is 5.15 Å². The molecule has 0 amide bonds. The van der Waals surface area contributed by atoms with Gasteiger partial charge in [-0.15, -0.1) is 0 Å². The van der Waals surface area contributed by atoms with Gasteiger partial charge in [0.2, 0.25) is 0 Å². The molecular weight excluding hydrogens is 372 g/mol. The van der Waals surface area contributed by atoms with Crippen molar-refractivity contribution in [3.8, 4) is 0 Å². The van der Waals surface area contributed by atoms with E-state index in [0.717, 1.165) is 56.0 Å². The molecule has 7 heteroatoms. The molecule has 0 radical (unpaired) electrons. The summed E-state index contributed by atoms with van der Waals surface area (Å²) in [6.07, 6.45) is 6.38. The van der Waals surface area contributed by atoms with E-state index in [9.17, 15) is 0 Å². The molecule has 5 rings (SSSR count). The van der Waals surface area contributed by atoms with Gasteiger partial charge in [-0.05, 0) is 23.4 Å². The zero-order chi connectivity index (χ0) is 18.9. The second kappa shape index (κ2) is 7.37. The molecule has 28 heavy (non-hydrogen) atoms. The SMILES string of the molecule is Clc1ncnc2c(CCN3CCN(c4nccc5ccccc45)CC3)c[nH]c12. The molecule has 142 valence electrons. The van der Waals surface area contributed by atoms with E-state index in [1.165, 1.54) is 22.7 Å². The first-order valence-corrected chi connectivity index (χ1v) is 9.95. The number of halogens is 1. The van der Waals surface area contributed by atoms with Crippen molar-refractivity contribution in [2.45, 2.75) is 6.42 Å². The molecule has 1 aliphatic heterocycles. The Kier molecular flexibility index (Phi) is 4.58. The first-order chi connectivity index (χ1) is 13.8. The van der Waals surface area contributed by atoms with Crippen molar-refractivity contribution >= 4 is 39.2 Å². The van der Waals surface area contributed by atoms with Crippen LogP contribution in [0.5, 0.6) is 0 Å². The van der Waals surface area contributed by atoms with Gasteiger partial charge in [-0.2, -0.15) is 0 Å². The molecule has 4 aromatic rings. The third-order valence-electron chi connectivity index (χ3n) is 5.52. The molecule has 6 nitrogen and oxygen atoms in total. The summed E-state index contributed by atoms with van der Waals surface area (Å²) in [6, 6.07) is 10.5. The lowest BCUT2D eigenvalue weighted by atomic mass is 10.1. The lowest BCUT2D eigenvalue weighted by Gasteiger charge is -2.35. The molecule has 4 heterocycles. The van der Waals surface area contributed by atoms with Crippen LogP contribution in [0.25, 0.3) is 21.8 Å². The number of piperazine rings is 1. The summed E-state index contributed by atoms with van der Waals surface area (Å²) in [5.74, 6) is 1.10. The number of pyridine rings is 1. The normalized spacial score (nSPS) is 15.5. The first-order valence-electron chi connectivity index (χ1n) is 9.57. The van der Waals surface area contributed by atoms with Gasteiger partial charge in [-0.3, -0.25) is 4.90 Å². The number of fused-ring (bicyclic) bond motifs is 2. The minimum absolute atomic E-state index is 0.479. The predicted molar refractivity (Wildman–Crippen MR) is 113 cm³/mol. The highest BCUT2D eigenvalue weighted by Crippen LogP contribution is 2.25. The maximum Gasteiger partial charge on any atom is 0.156 e. The molecule has 1 aliphatic rings. The molecule has 0 bridgehead atoms. The third-order valence-corrected chi connectivity index (χ3v) is 5.80. The Balaban J connectivity index is 1.24. The first kappa shape index (κ1) is 17.4. The Morgan fingerprint density at radius 3 is 2.75 bits per heavy atom. The van der Waals surface area contributed by atoms with Crippen LogP contribution in [0.3, 0.4) is 0 Å². The number of H-pyrrole nitrogens is 1. The largest absolute Gasteiger partial charge is 0.357 e. The number of rotatable bonds is 4. The lowest BCUT2D eigenvalue weighted by molar-refractivity contribution is 0.261. The van der Waals surface area contributed by atoms with Crippen LogP contribution in [-0.4, -0.2) is 57.6 Å². The molecule has 0 aliphatic carbocycles. The summed E-state index contributed by atoms with van der Waals surface area (Å²) in [5, 5.41) is 2.95. The van der Waals surface area contributed by atoms with E-state index in [-0.39, 0.29) is 0 Å². The number of hydrogen-bond acceptors (Lipinski definition) is 5. The van der Waals surface area contributed by atoms with Crippen molar-refractivity contribution in [2.24, 2.45) is 0 Å². The van der Waals surface area contributed by atoms with Crippen LogP contribution in [0.2, 0.25) is 5.15 Å². The summed E-state index contributed by atoms with van der Waals surface area (Å²) >= 11 is 6.13. The zero-order valence-electron chi connectivity index (χ0n) is 15.5. The average molecular weight is 393 g/mol. The number of hydrogen-bond donors (Lipinski definition) is 1. The average Bonchev–Trinajstić information content (AvgIpc) is 3.17. The molecule has 1 N–H and O–H groups in total. The number of nitrogens with one attached hydrogen (secondary N) is 1. The quantitative estimate of drug-likeness (QED) is 0.538. The second-order valence-electron chi connectivity index (χ2n) is 7.14. The number of benzene rings is 1. The standard InChI is InChI=1S/C21H21ClN6/c22-20-19-18(25-14-26-20)16(13-24-19)6-8-27-9-11-28(12-10-27)21-17-4-2-1-3-15(17)5-7-23-21/h1-5,7,13-14,24H,6,8-12H2. The fourth-order valence-electron chi connectivity index (χ4n) is 3.97. The summed E-state index contributed by atoms with van der Waals surface area (Å²) < 4.78 is 0. The number of nitrogens with zero attached hydrogens (tertiary/aromatic N) is 5. The molecule has 1 saturated heterocycles. The fourth-order valence-corrected chi connectivity index (χ4v) is 4.16. The van der Waals surface area contributed by atoms with E-state index < -0.39 is 0 Å². The molecule has 3 aromatic heterocycles. The molecular formula is C21H21ClN6. The second-order valence-corrected chi connectivity index (χ2v) is 7.49. The van der Waals surface area contributed by atoms with Crippen molar-refractivity contribution in [3.05, 3.63) is 59.8 Å². The van der Waals surface area contributed by atoms with Crippen LogP contribution >= 0.6 is 11.6 Å². The van der Waals surface area contributed by atoms with Crippen LogP contribution in [0.4, 0.5) is 5.82 Å². The van der Waals surface area contributed by atoms with Gasteiger partial charge in [0.05, 0.1) is 5.52 Å².